The molecule has 0 spiro atoms. The van der Waals surface area contributed by atoms with Gasteiger partial charge in [-0.15, -0.1) is 0 Å². The number of aromatic amines is 2. The third kappa shape index (κ3) is 3.46. The number of benzene rings is 2. The Bertz CT molecular complexity index is 865. The van der Waals surface area contributed by atoms with Crippen molar-refractivity contribution >= 4 is 34.1 Å². The Kier molecular flexibility index (Phi) is 4.19. The molecule has 4 rings (SSSR count). The molecule has 2 heterocycles. The zero-order chi connectivity index (χ0) is 16.1. The standard InChI is InChI=1S/C9H9N3O2.C7H6N2/c1-14-9(13)12-8-10-6-4-2-3-5-7(6)11-8;1-2-4-7-6(3-1)8-5-9-7/h2-5H,1H3,(H2,10,11,12,13);1-5H,(H,8,9). The van der Waals surface area contributed by atoms with Crippen LogP contribution in [-0.2, 0) is 4.74 Å². The average Bonchev–Trinajstić information content (AvgIpc) is 3.21. The van der Waals surface area contributed by atoms with E-state index in [-0.39, 0.29) is 0 Å². The van der Waals surface area contributed by atoms with E-state index < -0.39 is 6.09 Å². The molecular formula is C16H15N5O2. The van der Waals surface area contributed by atoms with Gasteiger partial charge in [0.25, 0.3) is 0 Å². The highest BCUT2D eigenvalue weighted by Gasteiger charge is 2.04. The Morgan fingerprint density at radius 3 is 2.43 bits per heavy atom. The SMILES string of the molecule is COC(=O)Nc1nc2ccccc2[nH]1.c1ccc2[nH]cnc2c1. The van der Waals surface area contributed by atoms with Gasteiger partial charge >= 0.3 is 6.09 Å². The monoisotopic (exact) mass is 309 g/mol. The molecule has 4 aromatic rings. The van der Waals surface area contributed by atoms with Crippen LogP contribution in [0.5, 0.6) is 0 Å². The summed E-state index contributed by atoms with van der Waals surface area (Å²) >= 11 is 0. The molecule has 1 amide bonds. The highest BCUT2D eigenvalue weighted by Crippen LogP contribution is 2.13. The zero-order valence-corrected chi connectivity index (χ0v) is 12.4. The summed E-state index contributed by atoms with van der Waals surface area (Å²) in [6, 6.07) is 15.4. The van der Waals surface area contributed by atoms with E-state index in [1.807, 2.05) is 48.5 Å². The van der Waals surface area contributed by atoms with Gasteiger partial charge in [-0.3, -0.25) is 5.32 Å². The summed E-state index contributed by atoms with van der Waals surface area (Å²) in [7, 11) is 1.30. The molecule has 0 saturated carbocycles. The van der Waals surface area contributed by atoms with E-state index in [1.54, 1.807) is 6.33 Å². The predicted molar refractivity (Wildman–Crippen MR) is 88.2 cm³/mol. The van der Waals surface area contributed by atoms with Crippen molar-refractivity contribution in [3.63, 3.8) is 0 Å². The maximum atomic E-state index is 10.9. The molecular weight excluding hydrogens is 294 g/mol. The van der Waals surface area contributed by atoms with Crippen molar-refractivity contribution in [1.29, 1.82) is 0 Å². The van der Waals surface area contributed by atoms with Crippen molar-refractivity contribution < 1.29 is 9.53 Å². The summed E-state index contributed by atoms with van der Waals surface area (Å²) in [6.45, 7) is 0. The van der Waals surface area contributed by atoms with Gasteiger partial charge in [0, 0.05) is 0 Å². The Hall–Kier alpha value is -3.35. The van der Waals surface area contributed by atoms with Gasteiger partial charge in [0.1, 0.15) is 0 Å². The highest BCUT2D eigenvalue weighted by molar-refractivity contribution is 5.86. The number of imidazole rings is 2. The molecule has 2 aromatic heterocycles. The minimum atomic E-state index is -0.538. The molecule has 2 aromatic carbocycles. The van der Waals surface area contributed by atoms with Gasteiger partial charge in [0.15, 0.2) is 0 Å². The van der Waals surface area contributed by atoms with E-state index in [0.29, 0.717) is 5.95 Å². The molecule has 0 radical (unpaired) electrons. The number of nitrogens with one attached hydrogen (secondary N) is 3. The van der Waals surface area contributed by atoms with E-state index in [1.165, 1.54) is 7.11 Å². The fourth-order valence-electron chi connectivity index (χ4n) is 2.04. The van der Waals surface area contributed by atoms with Crippen molar-refractivity contribution in [2.24, 2.45) is 0 Å². The van der Waals surface area contributed by atoms with Gasteiger partial charge in [-0.05, 0) is 24.3 Å². The maximum absolute atomic E-state index is 10.9. The van der Waals surface area contributed by atoms with Crippen LogP contribution in [0.4, 0.5) is 10.7 Å². The van der Waals surface area contributed by atoms with Crippen LogP contribution >= 0.6 is 0 Å². The summed E-state index contributed by atoms with van der Waals surface area (Å²) in [5.41, 5.74) is 3.80. The number of hydrogen-bond acceptors (Lipinski definition) is 4. The Morgan fingerprint density at radius 1 is 1.04 bits per heavy atom. The average molecular weight is 309 g/mol. The number of fused-ring (bicyclic) bond motifs is 2. The summed E-state index contributed by atoms with van der Waals surface area (Å²) < 4.78 is 4.44. The second kappa shape index (κ2) is 6.61. The molecule has 0 unspecified atom stereocenters. The van der Waals surface area contributed by atoms with Crippen LogP contribution in [0.25, 0.3) is 22.1 Å². The van der Waals surface area contributed by atoms with Crippen molar-refractivity contribution in [1.82, 2.24) is 19.9 Å². The van der Waals surface area contributed by atoms with Crippen LogP contribution in [0.3, 0.4) is 0 Å². The largest absolute Gasteiger partial charge is 0.453 e. The normalized spacial score (nSPS) is 10.1. The number of nitrogens with zero attached hydrogens (tertiary/aromatic N) is 2. The molecule has 0 atom stereocenters. The lowest BCUT2D eigenvalue weighted by Gasteiger charge is -1.96. The van der Waals surface area contributed by atoms with E-state index in [4.69, 9.17) is 0 Å². The number of ether oxygens (including phenoxy) is 1. The van der Waals surface area contributed by atoms with Gasteiger partial charge in [0.05, 0.1) is 35.5 Å². The number of carbonyl (C=O) groups excluding carboxylic acids is 1. The Morgan fingerprint density at radius 2 is 1.74 bits per heavy atom. The lowest BCUT2D eigenvalue weighted by molar-refractivity contribution is 0.186. The summed E-state index contributed by atoms with van der Waals surface area (Å²) in [4.78, 5) is 25.0. The number of methoxy groups -OCH3 is 1. The number of rotatable bonds is 1. The van der Waals surface area contributed by atoms with Gasteiger partial charge < -0.3 is 14.7 Å². The first-order chi connectivity index (χ1) is 11.3. The molecule has 0 fully saturated rings. The fourth-order valence-corrected chi connectivity index (χ4v) is 2.04. The molecule has 116 valence electrons. The second-order valence-electron chi connectivity index (χ2n) is 4.64. The molecule has 23 heavy (non-hydrogen) atoms. The molecule has 0 saturated heterocycles. The number of anilines is 1. The van der Waals surface area contributed by atoms with E-state index >= 15 is 0 Å². The van der Waals surface area contributed by atoms with Gasteiger partial charge in [-0.25, -0.2) is 14.8 Å². The van der Waals surface area contributed by atoms with E-state index in [9.17, 15) is 4.79 Å². The molecule has 7 nitrogen and oxygen atoms in total. The number of amides is 1. The van der Waals surface area contributed by atoms with Crippen LogP contribution in [0.1, 0.15) is 0 Å². The smallest absolute Gasteiger partial charge is 0.413 e. The van der Waals surface area contributed by atoms with Gasteiger partial charge in [-0.1, -0.05) is 24.3 Å². The maximum Gasteiger partial charge on any atom is 0.413 e. The zero-order valence-electron chi connectivity index (χ0n) is 12.4. The molecule has 0 aliphatic carbocycles. The fraction of sp³-hybridized carbons (Fsp3) is 0.0625. The number of para-hydroxylation sites is 4. The van der Waals surface area contributed by atoms with E-state index in [2.05, 4.69) is 30.0 Å². The number of carbonyl (C=O) groups is 1. The number of H-pyrrole nitrogens is 2. The van der Waals surface area contributed by atoms with Gasteiger partial charge in [-0.2, -0.15) is 0 Å². The van der Waals surface area contributed by atoms with Gasteiger partial charge in [0.2, 0.25) is 5.95 Å². The topological polar surface area (TPSA) is 95.7 Å². The van der Waals surface area contributed by atoms with Crippen LogP contribution in [0.15, 0.2) is 54.9 Å². The molecule has 0 aliphatic heterocycles. The van der Waals surface area contributed by atoms with Crippen molar-refractivity contribution in [3.8, 4) is 0 Å². The molecule has 0 bridgehead atoms. The number of hydrogen-bond donors (Lipinski definition) is 3. The van der Waals surface area contributed by atoms with Crippen molar-refractivity contribution in [3.05, 3.63) is 54.9 Å². The number of aromatic nitrogens is 4. The molecule has 7 heteroatoms. The minimum Gasteiger partial charge on any atom is -0.453 e. The lowest BCUT2D eigenvalue weighted by atomic mass is 10.3. The molecule has 3 N–H and O–H groups in total. The van der Waals surface area contributed by atoms with Crippen LogP contribution in [0.2, 0.25) is 0 Å². The van der Waals surface area contributed by atoms with Crippen LogP contribution in [-0.4, -0.2) is 33.1 Å². The van der Waals surface area contributed by atoms with Crippen LogP contribution < -0.4 is 5.32 Å². The first-order valence-corrected chi connectivity index (χ1v) is 6.94. The first kappa shape index (κ1) is 14.6. The third-order valence-electron chi connectivity index (χ3n) is 3.12. The minimum absolute atomic E-state index is 0.387. The lowest BCUT2D eigenvalue weighted by Crippen LogP contribution is -2.11. The Labute approximate surface area is 131 Å². The quantitative estimate of drug-likeness (QED) is 0.502. The summed E-state index contributed by atoms with van der Waals surface area (Å²) in [5, 5.41) is 2.45. The third-order valence-corrected chi connectivity index (χ3v) is 3.12. The Balaban J connectivity index is 0.000000149. The second-order valence-corrected chi connectivity index (χ2v) is 4.64. The van der Waals surface area contributed by atoms with Crippen LogP contribution in [0, 0.1) is 0 Å². The highest BCUT2D eigenvalue weighted by atomic mass is 16.5. The van der Waals surface area contributed by atoms with E-state index in [0.717, 1.165) is 22.1 Å². The first-order valence-electron chi connectivity index (χ1n) is 6.94. The predicted octanol–water partition coefficient (Wildman–Crippen LogP) is 3.30. The van der Waals surface area contributed by atoms with Crippen molar-refractivity contribution in [2.75, 3.05) is 12.4 Å². The van der Waals surface area contributed by atoms with Crippen molar-refractivity contribution in [2.45, 2.75) is 0 Å². The summed E-state index contributed by atoms with van der Waals surface area (Å²) in [6.07, 6.45) is 1.16. The summed E-state index contributed by atoms with van der Waals surface area (Å²) in [5.74, 6) is 0.387. The molecule has 0 aliphatic rings.